The summed E-state index contributed by atoms with van der Waals surface area (Å²) in [5, 5.41) is 0. The molecule has 1 aromatic rings. The lowest BCUT2D eigenvalue weighted by Gasteiger charge is -2.18. The molecule has 0 amide bonds. The monoisotopic (exact) mass is 296 g/mol. The van der Waals surface area contributed by atoms with Gasteiger partial charge in [-0.05, 0) is 36.6 Å². The molecular weight excluding hydrogens is 277 g/mol. The van der Waals surface area contributed by atoms with Crippen LogP contribution in [0.3, 0.4) is 0 Å². The average molecular weight is 296 g/mol. The number of unbranched alkanes of at least 4 members (excludes halogenated alkanes) is 1. The normalized spacial score (nSPS) is 12.4. The summed E-state index contributed by atoms with van der Waals surface area (Å²) in [6, 6.07) is 3.59. The fraction of sp³-hybridized carbons (Fsp3) is 0.412. The fourth-order valence-electron chi connectivity index (χ4n) is 1.90. The number of hydrogen-bond donors (Lipinski definition) is 0. The van der Waals surface area contributed by atoms with Crippen LogP contribution < -0.4 is 0 Å². The first-order chi connectivity index (χ1) is 9.93. The quantitative estimate of drug-likeness (QED) is 0.541. The molecule has 0 fully saturated rings. The van der Waals surface area contributed by atoms with Crippen molar-refractivity contribution >= 4 is 0 Å². The van der Waals surface area contributed by atoms with Crippen molar-refractivity contribution in [2.75, 3.05) is 7.11 Å². The van der Waals surface area contributed by atoms with E-state index >= 15 is 0 Å². The van der Waals surface area contributed by atoms with Gasteiger partial charge in [-0.1, -0.05) is 24.8 Å². The Bertz CT molecular complexity index is 535. The van der Waals surface area contributed by atoms with Crippen LogP contribution >= 0.6 is 0 Å². The maximum atomic E-state index is 12.9. The van der Waals surface area contributed by atoms with Crippen molar-refractivity contribution in [3.05, 3.63) is 47.5 Å². The van der Waals surface area contributed by atoms with E-state index in [0.717, 1.165) is 18.6 Å². The second kappa shape index (κ2) is 7.90. The zero-order valence-electron chi connectivity index (χ0n) is 12.3. The first kappa shape index (κ1) is 17.3. The van der Waals surface area contributed by atoms with Gasteiger partial charge >= 0.3 is 6.18 Å². The summed E-state index contributed by atoms with van der Waals surface area (Å²) in [6.45, 7) is 5.61. The van der Waals surface area contributed by atoms with E-state index in [1.54, 1.807) is 6.08 Å². The van der Waals surface area contributed by atoms with Crippen molar-refractivity contribution < 1.29 is 17.9 Å². The molecule has 0 N–H and O–H groups in total. The summed E-state index contributed by atoms with van der Waals surface area (Å²) in [4.78, 5) is 0. The van der Waals surface area contributed by atoms with Gasteiger partial charge in [0.05, 0.1) is 11.7 Å². The third-order valence-corrected chi connectivity index (χ3v) is 2.99. The molecule has 0 aliphatic carbocycles. The Morgan fingerprint density at radius 3 is 2.62 bits per heavy atom. The molecule has 0 heterocycles. The molecule has 114 valence electrons. The summed E-state index contributed by atoms with van der Waals surface area (Å²) in [5.74, 6) is 5.89. The zero-order chi connectivity index (χ0) is 15.9. The molecule has 1 unspecified atom stereocenters. The predicted octanol–water partition coefficient (Wildman–Crippen LogP) is 5.12. The predicted molar refractivity (Wildman–Crippen MR) is 77.8 cm³/mol. The van der Waals surface area contributed by atoms with Gasteiger partial charge in [-0.3, -0.25) is 0 Å². The molecule has 0 aliphatic rings. The first-order valence-electron chi connectivity index (χ1n) is 6.77. The topological polar surface area (TPSA) is 9.23 Å². The van der Waals surface area contributed by atoms with Crippen molar-refractivity contribution in [3.63, 3.8) is 0 Å². The minimum Gasteiger partial charge on any atom is -0.376 e. The minimum absolute atomic E-state index is 0.431. The Labute approximate surface area is 123 Å². The Kier molecular flexibility index (Phi) is 6.51. The van der Waals surface area contributed by atoms with E-state index < -0.39 is 17.8 Å². The molecule has 0 saturated carbocycles. The summed E-state index contributed by atoms with van der Waals surface area (Å²) < 4.78 is 43.9. The van der Waals surface area contributed by atoms with Gasteiger partial charge < -0.3 is 4.74 Å². The lowest BCUT2D eigenvalue weighted by atomic mass is 9.97. The number of methoxy groups -OCH3 is 1. The van der Waals surface area contributed by atoms with Crippen molar-refractivity contribution in [3.8, 4) is 11.8 Å². The third-order valence-electron chi connectivity index (χ3n) is 2.99. The highest BCUT2D eigenvalue weighted by atomic mass is 19.4. The van der Waals surface area contributed by atoms with Crippen molar-refractivity contribution in [1.82, 2.24) is 0 Å². The largest absolute Gasteiger partial charge is 0.416 e. The van der Waals surface area contributed by atoms with Crippen LogP contribution in [0.15, 0.2) is 30.9 Å². The van der Waals surface area contributed by atoms with Crippen molar-refractivity contribution in [1.29, 1.82) is 0 Å². The van der Waals surface area contributed by atoms with E-state index in [-0.39, 0.29) is 0 Å². The van der Waals surface area contributed by atoms with Gasteiger partial charge in [0.2, 0.25) is 0 Å². The molecule has 1 aromatic carbocycles. The number of halogens is 3. The standard InChI is InChI=1S/C17H19F3O/c1-4-6-7-9-13-10-11-14(17(18,19)20)12-15(13)16(21-3)8-5-2/h5,10-12,16H,2,4,6,8H2,1,3H3. The molecule has 0 radical (unpaired) electrons. The fourth-order valence-corrected chi connectivity index (χ4v) is 1.90. The number of benzene rings is 1. The first-order valence-corrected chi connectivity index (χ1v) is 6.77. The highest BCUT2D eigenvalue weighted by Crippen LogP contribution is 2.33. The Morgan fingerprint density at radius 1 is 1.38 bits per heavy atom. The van der Waals surface area contributed by atoms with Gasteiger partial charge in [0, 0.05) is 19.1 Å². The minimum atomic E-state index is -4.38. The molecule has 1 nitrogen and oxygen atoms in total. The Hall–Kier alpha value is -1.73. The second-order valence-electron chi connectivity index (χ2n) is 4.60. The van der Waals surface area contributed by atoms with Crippen LogP contribution in [0.5, 0.6) is 0 Å². The number of hydrogen-bond acceptors (Lipinski definition) is 1. The highest BCUT2D eigenvalue weighted by molar-refractivity contribution is 5.45. The van der Waals surface area contributed by atoms with E-state index in [1.165, 1.54) is 13.2 Å². The molecule has 0 saturated heterocycles. The number of alkyl halides is 3. The van der Waals surface area contributed by atoms with E-state index in [1.807, 2.05) is 6.92 Å². The maximum Gasteiger partial charge on any atom is 0.416 e. The summed E-state index contributed by atoms with van der Waals surface area (Å²) >= 11 is 0. The van der Waals surface area contributed by atoms with Gasteiger partial charge in [-0.25, -0.2) is 0 Å². The van der Waals surface area contributed by atoms with Gasteiger partial charge in [0.25, 0.3) is 0 Å². The highest BCUT2D eigenvalue weighted by Gasteiger charge is 2.31. The van der Waals surface area contributed by atoms with Crippen LogP contribution in [-0.2, 0) is 10.9 Å². The zero-order valence-corrected chi connectivity index (χ0v) is 12.3. The van der Waals surface area contributed by atoms with Gasteiger partial charge in [-0.2, -0.15) is 13.2 Å². The van der Waals surface area contributed by atoms with E-state index in [4.69, 9.17) is 4.74 Å². The van der Waals surface area contributed by atoms with Crippen molar-refractivity contribution in [2.24, 2.45) is 0 Å². The van der Waals surface area contributed by atoms with Crippen molar-refractivity contribution in [2.45, 2.75) is 38.5 Å². The molecule has 0 spiro atoms. The number of rotatable bonds is 5. The lowest BCUT2D eigenvalue weighted by molar-refractivity contribution is -0.137. The molecule has 0 bridgehead atoms. The molecule has 4 heteroatoms. The van der Waals surface area contributed by atoms with E-state index in [9.17, 15) is 13.2 Å². The van der Waals surface area contributed by atoms with Crippen LogP contribution in [0, 0.1) is 11.8 Å². The summed E-state index contributed by atoms with van der Waals surface area (Å²) in [6.07, 6.45) is -1.19. The lowest BCUT2D eigenvalue weighted by Crippen LogP contribution is -2.09. The Balaban J connectivity index is 3.30. The maximum absolute atomic E-state index is 12.9. The van der Waals surface area contributed by atoms with E-state index in [2.05, 4.69) is 18.4 Å². The smallest absolute Gasteiger partial charge is 0.376 e. The molecule has 1 rings (SSSR count). The van der Waals surface area contributed by atoms with Gasteiger partial charge in [0.15, 0.2) is 0 Å². The second-order valence-corrected chi connectivity index (χ2v) is 4.60. The molecule has 0 aliphatic heterocycles. The van der Waals surface area contributed by atoms with Crippen LogP contribution in [-0.4, -0.2) is 7.11 Å². The van der Waals surface area contributed by atoms with Crippen LogP contribution in [0.2, 0.25) is 0 Å². The molecule has 0 aromatic heterocycles. The summed E-state index contributed by atoms with van der Waals surface area (Å²) in [7, 11) is 1.47. The molecule has 21 heavy (non-hydrogen) atoms. The van der Waals surface area contributed by atoms with Gasteiger partial charge in [-0.15, -0.1) is 6.58 Å². The number of ether oxygens (including phenoxy) is 1. The molecular formula is C17H19F3O. The Morgan fingerprint density at radius 2 is 2.10 bits per heavy atom. The summed E-state index contributed by atoms with van der Waals surface area (Å²) in [5.41, 5.74) is 0.339. The SMILES string of the molecule is C=CCC(OC)c1cc(C(F)(F)F)ccc1C#CCCC. The molecule has 1 atom stereocenters. The van der Waals surface area contributed by atoms with Crippen LogP contribution in [0.25, 0.3) is 0 Å². The van der Waals surface area contributed by atoms with E-state index in [0.29, 0.717) is 24.0 Å². The van der Waals surface area contributed by atoms with Crippen LogP contribution in [0.4, 0.5) is 13.2 Å². The van der Waals surface area contributed by atoms with Crippen LogP contribution in [0.1, 0.15) is 49.0 Å². The van der Waals surface area contributed by atoms with Gasteiger partial charge in [0.1, 0.15) is 0 Å². The average Bonchev–Trinajstić information content (AvgIpc) is 2.44. The third kappa shape index (κ3) is 4.95.